The predicted molar refractivity (Wildman–Crippen MR) is 106 cm³/mol. The fourth-order valence-corrected chi connectivity index (χ4v) is 3.60. The Morgan fingerprint density at radius 1 is 1.39 bits per heavy atom. The summed E-state index contributed by atoms with van der Waals surface area (Å²) in [7, 11) is 1.99. The van der Waals surface area contributed by atoms with Crippen molar-refractivity contribution < 1.29 is 13.9 Å². The lowest BCUT2D eigenvalue weighted by atomic mass is 10.1. The molecule has 0 amide bonds. The molecule has 1 atom stereocenters. The summed E-state index contributed by atoms with van der Waals surface area (Å²) in [5.74, 6) is -0.382. The van der Waals surface area contributed by atoms with Gasteiger partial charge in [0.2, 0.25) is 0 Å². The number of carbonyl (C=O) groups excluding carboxylic acids is 1. The third kappa shape index (κ3) is 3.60. The Hall–Kier alpha value is -2.87. The number of hydrogen-bond donors (Lipinski definition) is 1. The van der Waals surface area contributed by atoms with E-state index in [4.69, 9.17) is 14.1 Å². The average molecular weight is 383 g/mol. The molecule has 1 aromatic carbocycles. The van der Waals surface area contributed by atoms with E-state index in [1.54, 1.807) is 29.9 Å². The van der Waals surface area contributed by atoms with Gasteiger partial charge in [-0.2, -0.15) is 10.1 Å². The fourth-order valence-electron chi connectivity index (χ4n) is 3.60. The molecule has 1 aliphatic rings. The second-order valence-electron chi connectivity index (χ2n) is 6.94. The number of nitrogens with one attached hydrogen (secondary N) is 1. The minimum absolute atomic E-state index is 0.317. The average Bonchev–Trinajstić information content (AvgIpc) is 3.32. The molecule has 2 aromatic heterocycles. The maximum absolute atomic E-state index is 12.3. The maximum Gasteiger partial charge on any atom is 0.338 e. The molecule has 4 rings (SSSR count). The smallest absolute Gasteiger partial charge is 0.338 e. The van der Waals surface area contributed by atoms with Crippen LogP contribution in [0.25, 0.3) is 16.8 Å². The molecule has 3 aromatic rings. The molecule has 1 fully saturated rings. The van der Waals surface area contributed by atoms with Crippen LogP contribution in [0.2, 0.25) is 0 Å². The van der Waals surface area contributed by atoms with Gasteiger partial charge in [-0.3, -0.25) is 0 Å². The molecule has 0 spiro atoms. The summed E-state index contributed by atoms with van der Waals surface area (Å²) in [6, 6.07) is 6.26. The van der Waals surface area contributed by atoms with Gasteiger partial charge >= 0.3 is 5.97 Å². The van der Waals surface area contributed by atoms with Crippen LogP contribution in [-0.4, -0.2) is 53.5 Å². The predicted octanol–water partition coefficient (Wildman–Crippen LogP) is 2.77. The number of ether oxygens (including phenoxy) is 1. The van der Waals surface area contributed by atoms with Crippen molar-refractivity contribution >= 4 is 23.1 Å². The number of likely N-dealkylation sites (N-methyl/N-ethyl adjacent to an activating group) is 1. The monoisotopic (exact) mass is 383 g/mol. The maximum atomic E-state index is 12.3. The van der Waals surface area contributed by atoms with E-state index in [1.807, 2.05) is 19.3 Å². The van der Waals surface area contributed by atoms with E-state index in [0.29, 0.717) is 41.0 Å². The molecule has 0 saturated carbocycles. The number of anilines is 1. The van der Waals surface area contributed by atoms with Gasteiger partial charge in [0, 0.05) is 31.5 Å². The number of nitrogens with zero attached hydrogens (tertiary/aromatic N) is 4. The van der Waals surface area contributed by atoms with Crippen LogP contribution >= 0.6 is 0 Å². The summed E-state index contributed by atoms with van der Waals surface area (Å²) in [5.41, 5.74) is 2.33. The van der Waals surface area contributed by atoms with Crippen LogP contribution < -0.4 is 10.2 Å². The number of carbonyl (C=O) groups is 1. The summed E-state index contributed by atoms with van der Waals surface area (Å²) < 4.78 is 13.0. The van der Waals surface area contributed by atoms with Gasteiger partial charge in [0.1, 0.15) is 11.2 Å². The second-order valence-corrected chi connectivity index (χ2v) is 6.94. The Morgan fingerprint density at radius 2 is 2.29 bits per heavy atom. The van der Waals surface area contributed by atoms with Crippen molar-refractivity contribution in [1.82, 2.24) is 20.1 Å². The van der Waals surface area contributed by atoms with Gasteiger partial charge < -0.3 is 19.4 Å². The Balaban J connectivity index is 1.78. The molecule has 28 heavy (non-hydrogen) atoms. The standard InChI is InChI=1S/C20H25N5O3/c1-3-27-19(26)14-11-16-18(17(12-14)25-10-6-8-22-25)28-20(23-16)24-9-5-4-7-15(13-24)21-2/h6,8,10-12,15,21H,3-5,7,9,13H2,1-2H3. The van der Waals surface area contributed by atoms with Gasteiger partial charge in [-0.25, -0.2) is 9.48 Å². The zero-order valence-electron chi connectivity index (χ0n) is 16.2. The molecule has 148 valence electrons. The molecule has 1 N–H and O–H groups in total. The Labute approximate surface area is 163 Å². The van der Waals surface area contributed by atoms with E-state index in [2.05, 4.69) is 15.3 Å². The van der Waals surface area contributed by atoms with E-state index in [0.717, 1.165) is 25.9 Å². The number of aromatic nitrogens is 3. The molecule has 0 aliphatic carbocycles. The zero-order chi connectivity index (χ0) is 19.5. The summed E-state index contributed by atoms with van der Waals surface area (Å²) in [6.07, 6.45) is 6.91. The van der Waals surface area contributed by atoms with Crippen LogP contribution in [0.5, 0.6) is 0 Å². The molecular weight excluding hydrogens is 358 g/mol. The van der Waals surface area contributed by atoms with Crippen LogP contribution in [0, 0.1) is 0 Å². The number of rotatable bonds is 5. The fraction of sp³-hybridized carbons (Fsp3) is 0.450. The summed E-state index contributed by atoms with van der Waals surface area (Å²) in [4.78, 5) is 19.2. The molecule has 8 nitrogen and oxygen atoms in total. The first-order chi connectivity index (χ1) is 13.7. The molecular formula is C20H25N5O3. The van der Waals surface area contributed by atoms with E-state index < -0.39 is 0 Å². The normalized spacial score (nSPS) is 17.6. The molecule has 0 radical (unpaired) electrons. The van der Waals surface area contributed by atoms with Gasteiger partial charge in [-0.15, -0.1) is 0 Å². The number of hydrogen-bond acceptors (Lipinski definition) is 7. The van der Waals surface area contributed by atoms with E-state index >= 15 is 0 Å². The van der Waals surface area contributed by atoms with Gasteiger partial charge in [-0.1, -0.05) is 6.42 Å². The van der Waals surface area contributed by atoms with Crippen molar-refractivity contribution in [1.29, 1.82) is 0 Å². The lowest BCUT2D eigenvalue weighted by Crippen LogP contribution is -2.38. The van der Waals surface area contributed by atoms with Crippen molar-refractivity contribution in [3.05, 3.63) is 36.2 Å². The molecule has 1 saturated heterocycles. The summed E-state index contributed by atoms with van der Waals surface area (Å²) in [6.45, 7) is 3.84. The topological polar surface area (TPSA) is 85.4 Å². The number of fused-ring (bicyclic) bond motifs is 1. The molecule has 3 heterocycles. The Bertz CT molecular complexity index is 950. The van der Waals surface area contributed by atoms with Crippen molar-refractivity contribution in [2.75, 3.05) is 31.6 Å². The number of esters is 1. The first-order valence-corrected chi connectivity index (χ1v) is 9.73. The Kier molecular flexibility index (Phi) is 5.29. The molecule has 1 unspecified atom stereocenters. The van der Waals surface area contributed by atoms with Crippen LogP contribution in [0.3, 0.4) is 0 Å². The largest absolute Gasteiger partial charge is 0.462 e. The van der Waals surface area contributed by atoms with Crippen LogP contribution in [0.4, 0.5) is 6.01 Å². The second kappa shape index (κ2) is 8.02. The first kappa shape index (κ1) is 18.5. The van der Waals surface area contributed by atoms with Crippen molar-refractivity contribution in [3.8, 4) is 5.69 Å². The van der Waals surface area contributed by atoms with Crippen molar-refractivity contribution in [2.45, 2.75) is 32.2 Å². The SMILES string of the molecule is CCOC(=O)c1cc(-n2cccn2)c2oc(N3CCCCC(NC)C3)nc2c1. The van der Waals surface area contributed by atoms with E-state index in [-0.39, 0.29) is 5.97 Å². The molecule has 1 aliphatic heterocycles. The zero-order valence-corrected chi connectivity index (χ0v) is 16.2. The molecule has 8 heteroatoms. The summed E-state index contributed by atoms with van der Waals surface area (Å²) in [5, 5.41) is 7.66. The van der Waals surface area contributed by atoms with Crippen LogP contribution in [-0.2, 0) is 4.74 Å². The first-order valence-electron chi connectivity index (χ1n) is 9.73. The highest BCUT2D eigenvalue weighted by Crippen LogP contribution is 2.30. The highest BCUT2D eigenvalue weighted by atomic mass is 16.5. The summed E-state index contributed by atoms with van der Waals surface area (Å²) >= 11 is 0. The quantitative estimate of drug-likeness (QED) is 0.678. The minimum atomic E-state index is -0.382. The van der Waals surface area contributed by atoms with Crippen LogP contribution in [0.15, 0.2) is 35.0 Å². The van der Waals surface area contributed by atoms with Gasteiger partial charge in [-0.05, 0) is 45.0 Å². The lowest BCUT2D eigenvalue weighted by Gasteiger charge is -2.22. The lowest BCUT2D eigenvalue weighted by molar-refractivity contribution is 0.0526. The van der Waals surface area contributed by atoms with Gasteiger partial charge in [0.25, 0.3) is 6.01 Å². The third-order valence-electron chi connectivity index (χ3n) is 5.07. The molecule has 0 bridgehead atoms. The van der Waals surface area contributed by atoms with E-state index in [1.165, 1.54) is 6.42 Å². The highest BCUT2D eigenvalue weighted by Gasteiger charge is 2.23. The van der Waals surface area contributed by atoms with Crippen molar-refractivity contribution in [3.63, 3.8) is 0 Å². The minimum Gasteiger partial charge on any atom is -0.462 e. The van der Waals surface area contributed by atoms with Crippen LogP contribution in [0.1, 0.15) is 36.5 Å². The highest BCUT2D eigenvalue weighted by molar-refractivity contribution is 5.96. The number of benzene rings is 1. The van der Waals surface area contributed by atoms with Gasteiger partial charge in [0.15, 0.2) is 5.58 Å². The van der Waals surface area contributed by atoms with E-state index in [9.17, 15) is 4.79 Å². The number of oxazole rings is 1. The Morgan fingerprint density at radius 3 is 3.04 bits per heavy atom. The van der Waals surface area contributed by atoms with Gasteiger partial charge in [0.05, 0.1) is 12.2 Å². The third-order valence-corrected chi connectivity index (χ3v) is 5.07. The van der Waals surface area contributed by atoms with Crippen molar-refractivity contribution in [2.24, 2.45) is 0 Å².